The molecule has 1 unspecified atom stereocenters. The highest BCUT2D eigenvalue weighted by Crippen LogP contribution is 2.46. The maximum Gasteiger partial charge on any atom is 0.297 e. The number of benzene rings is 1. The summed E-state index contributed by atoms with van der Waals surface area (Å²) in [6.45, 7) is 3.72. The quantitative estimate of drug-likeness (QED) is 0.523. The third-order valence-electron chi connectivity index (χ3n) is 2.52. The van der Waals surface area contributed by atoms with Crippen molar-refractivity contribution < 1.29 is 9.66 Å². The van der Waals surface area contributed by atoms with Crippen molar-refractivity contribution in [3.8, 4) is 5.75 Å². The highest BCUT2D eigenvalue weighted by molar-refractivity contribution is 6.31. The summed E-state index contributed by atoms with van der Waals surface area (Å²) < 4.78 is 5.57. The number of nitro benzene ring substituents is 1. The number of nitrogens with zero attached hydrogens (tertiary/aromatic N) is 1. The van der Waals surface area contributed by atoms with Crippen molar-refractivity contribution in [3.63, 3.8) is 0 Å². The molecule has 1 aliphatic rings. The van der Waals surface area contributed by atoms with Gasteiger partial charge < -0.3 is 10.1 Å². The molecule has 17 heavy (non-hydrogen) atoms. The molecule has 1 aromatic rings. The number of anilines is 1. The van der Waals surface area contributed by atoms with Gasteiger partial charge in [-0.3, -0.25) is 10.1 Å². The van der Waals surface area contributed by atoms with Crippen molar-refractivity contribution in [2.75, 3.05) is 11.2 Å². The molecule has 0 spiro atoms. The smallest absolute Gasteiger partial charge is 0.297 e. The summed E-state index contributed by atoms with van der Waals surface area (Å²) >= 11 is 11.6. The van der Waals surface area contributed by atoms with Crippen molar-refractivity contribution in [1.82, 2.24) is 0 Å². The zero-order valence-corrected chi connectivity index (χ0v) is 10.2. The Morgan fingerprint density at radius 1 is 1.59 bits per heavy atom. The molecule has 0 aromatic heterocycles. The lowest BCUT2D eigenvalue weighted by molar-refractivity contribution is -0.383. The van der Waals surface area contributed by atoms with Gasteiger partial charge in [0.1, 0.15) is 0 Å². The molecule has 2 rings (SSSR count). The Kier molecular flexibility index (Phi) is 3.05. The van der Waals surface area contributed by atoms with E-state index < -0.39 is 10.6 Å². The van der Waals surface area contributed by atoms with Gasteiger partial charge in [-0.2, -0.15) is 0 Å². The van der Waals surface area contributed by atoms with Gasteiger partial charge in [-0.05, 0) is 6.92 Å². The first kappa shape index (κ1) is 12.3. The van der Waals surface area contributed by atoms with Crippen LogP contribution >= 0.6 is 23.2 Å². The minimum absolute atomic E-state index is 0.125. The van der Waals surface area contributed by atoms with Crippen molar-refractivity contribution >= 4 is 34.6 Å². The maximum atomic E-state index is 10.9. The maximum absolute atomic E-state index is 10.9. The molecular weight excluding hydrogens is 267 g/mol. The lowest BCUT2D eigenvalue weighted by atomic mass is 10.2. The number of fused-ring (bicyclic) bond motifs is 1. The largest absolute Gasteiger partial charge is 0.464 e. The van der Waals surface area contributed by atoms with Gasteiger partial charge in [0.05, 0.1) is 15.8 Å². The van der Waals surface area contributed by atoms with Gasteiger partial charge in [0.25, 0.3) is 5.69 Å². The van der Waals surface area contributed by atoms with Crippen LogP contribution in [0.15, 0.2) is 12.1 Å². The van der Waals surface area contributed by atoms with Crippen LogP contribution in [0, 0.1) is 17.0 Å². The Bertz CT molecular complexity index is 475. The number of rotatable bonds is 3. The number of nitrogens with one attached hydrogen (secondary N) is 1. The van der Waals surface area contributed by atoms with Crippen LogP contribution in [0.3, 0.4) is 0 Å². The van der Waals surface area contributed by atoms with Crippen LogP contribution in [-0.2, 0) is 0 Å². The summed E-state index contributed by atoms with van der Waals surface area (Å²) in [5.74, 6) is 0.452. The SMILES string of the molecule is [CH2]CC1(CCl)Nc2c(cc(Cl)cc2[N+](=O)[O-])O1. The molecule has 0 aliphatic carbocycles. The van der Waals surface area contributed by atoms with Crippen molar-refractivity contribution in [2.24, 2.45) is 0 Å². The van der Waals surface area contributed by atoms with Crippen molar-refractivity contribution in [3.05, 3.63) is 34.2 Å². The second-order valence-electron chi connectivity index (χ2n) is 3.66. The summed E-state index contributed by atoms with van der Waals surface area (Å²) in [4.78, 5) is 10.4. The molecule has 1 heterocycles. The predicted molar refractivity (Wildman–Crippen MR) is 65.8 cm³/mol. The molecule has 0 saturated heterocycles. The molecule has 1 atom stereocenters. The van der Waals surface area contributed by atoms with E-state index in [0.29, 0.717) is 17.9 Å². The van der Waals surface area contributed by atoms with E-state index >= 15 is 0 Å². The zero-order valence-electron chi connectivity index (χ0n) is 8.70. The molecule has 7 heteroatoms. The van der Waals surface area contributed by atoms with Crippen LogP contribution in [0.25, 0.3) is 0 Å². The molecule has 0 saturated carbocycles. The van der Waals surface area contributed by atoms with E-state index in [2.05, 4.69) is 12.2 Å². The van der Waals surface area contributed by atoms with Crippen molar-refractivity contribution in [2.45, 2.75) is 12.1 Å². The van der Waals surface area contributed by atoms with Gasteiger partial charge in [-0.1, -0.05) is 11.6 Å². The number of hydrogen-bond acceptors (Lipinski definition) is 4. The van der Waals surface area contributed by atoms with E-state index in [1.165, 1.54) is 12.1 Å². The zero-order chi connectivity index (χ0) is 12.6. The molecule has 0 amide bonds. The molecule has 0 bridgehead atoms. The fourth-order valence-corrected chi connectivity index (χ4v) is 2.08. The number of hydrogen-bond donors (Lipinski definition) is 1. The fourth-order valence-electron chi connectivity index (χ4n) is 1.62. The molecule has 91 valence electrons. The lowest BCUT2D eigenvalue weighted by Crippen LogP contribution is -2.41. The number of ether oxygens (including phenoxy) is 1. The van der Waals surface area contributed by atoms with Gasteiger partial charge in [0, 0.05) is 18.6 Å². The lowest BCUT2D eigenvalue weighted by Gasteiger charge is -2.24. The first-order valence-corrected chi connectivity index (χ1v) is 5.73. The van der Waals surface area contributed by atoms with Crippen LogP contribution in [0.5, 0.6) is 5.75 Å². The highest BCUT2D eigenvalue weighted by Gasteiger charge is 2.40. The molecule has 1 N–H and O–H groups in total. The van der Waals surface area contributed by atoms with Gasteiger partial charge >= 0.3 is 0 Å². The second-order valence-corrected chi connectivity index (χ2v) is 4.36. The number of nitro groups is 1. The Morgan fingerprint density at radius 3 is 2.82 bits per heavy atom. The summed E-state index contributed by atoms with van der Waals surface area (Å²) in [6.07, 6.45) is 0.333. The number of alkyl halides is 1. The summed E-state index contributed by atoms with van der Waals surface area (Å²) in [5.41, 5.74) is -0.740. The van der Waals surface area contributed by atoms with Crippen LogP contribution in [-0.4, -0.2) is 16.5 Å². The Hall–Kier alpha value is -1.20. The summed E-state index contributed by atoms with van der Waals surface area (Å²) in [7, 11) is 0. The number of halogens is 2. The van der Waals surface area contributed by atoms with E-state index in [9.17, 15) is 10.1 Å². The van der Waals surface area contributed by atoms with Gasteiger partial charge in [-0.25, -0.2) is 0 Å². The summed E-state index contributed by atoms with van der Waals surface area (Å²) in [6, 6.07) is 2.78. The van der Waals surface area contributed by atoms with Crippen molar-refractivity contribution in [1.29, 1.82) is 0 Å². The van der Waals surface area contributed by atoms with Crippen LogP contribution in [0.1, 0.15) is 6.42 Å². The Labute approximate surface area is 108 Å². The third kappa shape index (κ3) is 2.00. The Balaban J connectivity index is 2.51. The minimum Gasteiger partial charge on any atom is -0.464 e. The second kappa shape index (κ2) is 4.23. The van der Waals surface area contributed by atoms with E-state index in [1.54, 1.807) is 0 Å². The van der Waals surface area contributed by atoms with Gasteiger partial charge in [0.15, 0.2) is 17.2 Å². The topological polar surface area (TPSA) is 64.4 Å². The fraction of sp³-hybridized carbons (Fsp3) is 0.300. The first-order chi connectivity index (χ1) is 8.01. The predicted octanol–water partition coefficient (Wildman–Crippen LogP) is 3.21. The average molecular weight is 276 g/mol. The van der Waals surface area contributed by atoms with E-state index in [1.807, 2.05) is 0 Å². The van der Waals surface area contributed by atoms with Crippen LogP contribution in [0.4, 0.5) is 11.4 Å². The van der Waals surface area contributed by atoms with Crippen LogP contribution in [0.2, 0.25) is 5.02 Å². The third-order valence-corrected chi connectivity index (χ3v) is 3.17. The molecule has 1 aliphatic heterocycles. The monoisotopic (exact) mass is 275 g/mol. The molecule has 5 nitrogen and oxygen atoms in total. The summed E-state index contributed by atoms with van der Waals surface area (Å²) in [5, 5.41) is 14.1. The molecule has 0 fully saturated rings. The molecular formula is C10H9Cl2N2O3. The minimum atomic E-state index is -0.903. The molecule has 1 radical (unpaired) electrons. The van der Waals surface area contributed by atoms with Gasteiger partial charge in [-0.15, -0.1) is 11.6 Å². The van der Waals surface area contributed by atoms with E-state index in [4.69, 9.17) is 27.9 Å². The standard InChI is InChI=1S/C10H9Cl2N2O3/c1-2-10(5-11)13-9-7(14(15)16)3-6(12)4-8(9)17-10/h3-4,13H,1-2,5H2. The Morgan fingerprint density at radius 2 is 2.29 bits per heavy atom. The first-order valence-electron chi connectivity index (χ1n) is 4.82. The van der Waals surface area contributed by atoms with E-state index in [0.717, 1.165) is 0 Å². The van der Waals surface area contributed by atoms with Crippen LogP contribution < -0.4 is 10.1 Å². The molecule has 1 aromatic carbocycles. The normalized spacial score (nSPS) is 21.6. The van der Waals surface area contributed by atoms with E-state index in [-0.39, 0.29) is 16.6 Å². The highest BCUT2D eigenvalue weighted by atomic mass is 35.5. The average Bonchev–Trinajstić information content (AvgIpc) is 2.66. The van der Waals surface area contributed by atoms with Gasteiger partial charge in [0.2, 0.25) is 0 Å².